The Morgan fingerprint density at radius 1 is 1.59 bits per heavy atom. The third-order valence-electron chi connectivity index (χ3n) is 4.03. The van der Waals surface area contributed by atoms with Gasteiger partial charge in [-0.1, -0.05) is 0 Å². The number of amidine groups is 1. The molecule has 1 aliphatic heterocycles. The number of hydrogen-bond donors (Lipinski definition) is 4. The van der Waals surface area contributed by atoms with E-state index in [9.17, 15) is 9.60 Å². The third-order valence-corrected chi connectivity index (χ3v) is 5.15. The standard InChI is InChI=1S/C15H20BrFN8O3S/c1-24(18)29-28-25-5-4-9(8-25)7-19-14-13(22-27-23-14)15(21-26)20-10-2-3-12(17)11(16)6-10/h2-3,6,9,26H,4-5,7-8,18H2,1H3,(H,19,23)(H,20,21). The number of hydroxylamine groups is 3. The van der Waals surface area contributed by atoms with Crippen molar-refractivity contribution in [2.45, 2.75) is 6.42 Å². The number of halogens is 2. The molecule has 158 valence electrons. The van der Waals surface area contributed by atoms with E-state index >= 15 is 0 Å². The molecule has 29 heavy (non-hydrogen) atoms. The molecule has 1 aliphatic rings. The van der Waals surface area contributed by atoms with E-state index in [0.717, 1.165) is 31.7 Å². The van der Waals surface area contributed by atoms with Gasteiger partial charge in [0.05, 0.1) is 10.2 Å². The van der Waals surface area contributed by atoms with Crippen molar-refractivity contribution in [1.29, 1.82) is 0 Å². The van der Waals surface area contributed by atoms with Crippen molar-refractivity contribution in [3.63, 3.8) is 0 Å². The summed E-state index contributed by atoms with van der Waals surface area (Å²) in [5.41, 5.74) is 2.57. The van der Waals surface area contributed by atoms with Crippen LogP contribution in [0.2, 0.25) is 0 Å². The fourth-order valence-corrected chi connectivity index (χ4v) is 3.35. The van der Waals surface area contributed by atoms with Crippen molar-refractivity contribution >= 4 is 45.5 Å². The van der Waals surface area contributed by atoms with Crippen molar-refractivity contribution in [2.75, 3.05) is 32.0 Å². The van der Waals surface area contributed by atoms with E-state index in [2.05, 4.69) is 36.6 Å². The lowest BCUT2D eigenvalue weighted by atomic mass is 10.1. The molecule has 0 bridgehead atoms. The van der Waals surface area contributed by atoms with Gasteiger partial charge in [-0.15, -0.1) is 0 Å². The summed E-state index contributed by atoms with van der Waals surface area (Å²) in [7, 11) is 1.69. The minimum atomic E-state index is -0.418. The molecule has 3 rings (SSSR count). The minimum absolute atomic E-state index is 0.00558. The molecule has 0 saturated carbocycles. The summed E-state index contributed by atoms with van der Waals surface area (Å²) in [5.74, 6) is 5.72. The molecule has 1 unspecified atom stereocenters. The van der Waals surface area contributed by atoms with Crippen molar-refractivity contribution in [2.24, 2.45) is 16.8 Å². The van der Waals surface area contributed by atoms with E-state index in [0.29, 0.717) is 24.0 Å². The highest BCUT2D eigenvalue weighted by atomic mass is 79.9. The lowest BCUT2D eigenvalue weighted by molar-refractivity contribution is -0.0193. The van der Waals surface area contributed by atoms with Crippen LogP contribution < -0.4 is 16.6 Å². The number of hydrazine groups is 1. The molecule has 1 fully saturated rings. The summed E-state index contributed by atoms with van der Waals surface area (Å²) in [4.78, 5) is 4.22. The van der Waals surface area contributed by atoms with Crippen LogP contribution in [0.5, 0.6) is 0 Å². The number of rotatable bonds is 8. The normalized spacial score (nSPS) is 17.9. The largest absolute Gasteiger partial charge is 0.365 e. The first-order valence-corrected chi connectivity index (χ1v) is 10.0. The van der Waals surface area contributed by atoms with Crippen molar-refractivity contribution in [3.05, 3.63) is 34.2 Å². The molecule has 1 aromatic carbocycles. The molecule has 1 saturated heterocycles. The Labute approximate surface area is 178 Å². The maximum Gasteiger partial charge on any atom is 0.202 e. The molecule has 11 nitrogen and oxygen atoms in total. The predicted molar refractivity (Wildman–Crippen MR) is 108 cm³/mol. The van der Waals surface area contributed by atoms with E-state index in [1.807, 2.05) is 10.5 Å². The van der Waals surface area contributed by atoms with Gasteiger partial charge < -0.3 is 5.32 Å². The maximum atomic E-state index is 13.4. The van der Waals surface area contributed by atoms with Gasteiger partial charge in [0.1, 0.15) is 18.0 Å². The van der Waals surface area contributed by atoms with E-state index in [4.69, 9.17) is 14.8 Å². The first kappa shape index (κ1) is 21.9. The molecule has 1 atom stereocenters. The van der Waals surface area contributed by atoms with Crippen LogP contribution in [0.4, 0.5) is 15.9 Å². The summed E-state index contributed by atoms with van der Waals surface area (Å²) in [6, 6.07) is 4.19. The lowest BCUT2D eigenvalue weighted by Crippen LogP contribution is -2.26. The molecule has 0 spiro atoms. The van der Waals surface area contributed by atoms with E-state index in [-0.39, 0.29) is 16.0 Å². The van der Waals surface area contributed by atoms with Crippen molar-refractivity contribution in [3.8, 4) is 0 Å². The quantitative estimate of drug-likeness (QED) is 0.108. The molecule has 0 radical (unpaired) electrons. The highest BCUT2D eigenvalue weighted by Gasteiger charge is 2.25. The van der Waals surface area contributed by atoms with Gasteiger partial charge in [-0.05, 0) is 56.8 Å². The summed E-state index contributed by atoms with van der Waals surface area (Å²) in [6.07, 6.45) is 0.922. The zero-order valence-electron chi connectivity index (χ0n) is 15.4. The van der Waals surface area contributed by atoms with Gasteiger partial charge in [0.15, 0.2) is 11.5 Å². The van der Waals surface area contributed by atoms with E-state index in [1.165, 1.54) is 22.6 Å². The number of nitrogens with zero attached hydrogens (tertiary/aromatic N) is 5. The van der Waals surface area contributed by atoms with Crippen molar-refractivity contribution in [1.82, 2.24) is 25.3 Å². The number of nitrogens with two attached hydrogens (primary N) is 1. The van der Waals surface area contributed by atoms with Gasteiger partial charge in [-0.2, -0.15) is 9.48 Å². The average Bonchev–Trinajstić information content (AvgIpc) is 3.34. The fourth-order valence-electron chi connectivity index (χ4n) is 2.65. The second kappa shape index (κ2) is 10.3. The number of nitrogens with one attached hydrogen (secondary N) is 2. The number of hydrogen-bond acceptors (Lipinski definition) is 11. The highest BCUT2D eigenvalue weighted by Crippen LogP contribution is 2.24. The van der Waals surface area contributed by atoms with E-state index in [1.54, 1.807) is 7.05 Å². The fraction of sp³-hybridized carbons (Fsp3) is 0.400. The molecule has 0 aliphatic carbocycles. The third kappa shape index (κ3) is 6.08. The molecule has 5 N–H and O–H groups in total. The molecule has 2 heterocycles. The number of benzene rings is 1. The molecule has 1 aromatic heterocycles. The number of aromatic nitrogens is 2. The van der Waals surface area contributed by atoms with Crippen LogP contribution in [0, 0.1) is 11.7 Å². The van der Waals surface area contributed by atoms with Crippen LogP contribution in [0.1, 0.15) is 12.1 Å². The minimum Gasteiger partial charge on any atom is -0.365 e. The monoisotopic (exact) mass is 490 g/mol. The predicted octanol–water partition coefficient (Wildman–Crippen LogP) is 2.06. The second-order valence-corrected chi connectivity index (χ2v) is 7.98. The average molecular weight is 491 g/mol. The first-order chi connectivity index (χ1) is 14.0. The first-order valence-electron chi connectivity index (χ1n) is 8.55. The van der Waals surface area contributed by atoms with Crippen LogP contribution >= 0.6 is 28.2 Å². The summed E-state index contributed by atoms with van der Waals surface area (Å²) >= 11 is 4.16. The lowest BCUT2D eigenvalue weighted by Gasteiger charge is -2.16. The molecular weight excluding hydrogens is 471 g/mol. The van der Waals surface area contributed by atoms with Gasteiger partial charge in [0, 0.05) is 26.7 Å². The van der Waals surface area contributed by atoms with Crippen LogP contribution in [-0.2, 0) is 4.28 Å². The number of anilines is 1. The van der Waals surface area contributed by atoms with Gasteiger partial charge in [0.2, 0.25) is 5.82 Å². The van der Waals surface area contributed by atoms with Crippen molar-refractivity contribution < 1.29 is 18.5 Å². The Morgan fingerprint density at radius 2 is 2.41 bits per heavy atom. The van der Waals surface area contributed by atoms with Crippen LogP contribution in [0.3, 0.4) is 0 Å². The van der Waals surface area contributed by atoms with Gasteiger partial charge in [0.25, 0.3) is 0 Å². The summed E-state index contributed by atoms with van der Waals surface area (Å²) in [6.45, 7) is 2.09. The summed E-state index contributed by atoms with van der Waals surface area (Å²) < 4.78 is 25.3. The van der Waals surface area contributed by atoms with Gasteiger partial charge in [-0.25, -0.2) is 18.3 Å². The zero-order valence-corrected chi connectivity index (χ0v) is 17.8. The smallest absolute Gasteiger partial charge is 0.202 e. The Bertz CT molecular complexity index is 855. The Balaban J connectivity index is 1.62. The van der Waals surface area contributed by atoms with Gasteiger partial charge >= 0.3 is 0 Å². The highest BCUT2D eigenvalue weighted by molar-refractivity contribution is 9.10. The van der Waals surface area contributed by atoms with Crippen LogP contribution in [-0.4, -0.2) is 57.5 Å². The van der Waals surface area contributed by atoms with Crippen LogP contribution in [0.25, 0.3) is 0 Å². The molecule has 2 aromatic rings. The Hall–Kier alpha value is -1.81. The summed E-state index contributed by atoms with van der Waals surface area (Å²) in [5, 5.41) is 22.1. The maximum absolute atomic E-state index is 13.4. The SMILES string of the molecule is CN(N)SON1CCC(CNc2nonc2C(=Nc2ccc(F)c(Br)c2)NO)C1. The van der Waals surface area contributed by atoms with Gasteiger partial charge in [-0.3, -0.25) is 16.5 Å². The Morgan fingerprint density at radius 3 is 3.14 bits per heavy atom. The molecule has 0 amide bonds. The van der Waals surface area contributed by atoms with Crippen LogP contribution in [0.15, 0.2) is 32.3 Å². The van der Waals surface area contributed by atoms with E-state index < -0.39 is 5.82 Å². The molecule has 14 heteroatoms. The Kier molecular flexibility index (Phi) is 7.77. The number of aliphatic imine (C=N–C) groups is 1. The second-order valence-electron chi connectivity index (χ2n) is 6.25. The molecular formula is C15H20BrFN8O3S. The zero-order chi connectivity index (χ0) is 20.8. The topological polar surface area (TPSA) is 137 Å².